The first kappa shape index (κ1) is 19.4. The Bertz CT molecular complexity index is 766. The van der Waals surface area contributed by atoms with E-state index in [0.29, 0.717) is 18.6 Å². The van der Waals surface area contributed by atoms with Crippen LogP contribution in [-0.2, 0) is 16.0 Å². The van der Waals surface area contributed by atoms with Crippen molar-refractivity contribution in [2.24, 2.45) is 0 Å². The lowest BCUT2D eigenvalue weighted by Gasteiger charge is -2.12. The molecule has 0 unspecified atom stereocenters. The van der Waals surface area contributed by atoms with Crippen molar-refractivity contribution in [1.82, 2.24) is 16.2 Å². The molecule has 0 heterocycles. The Labute approximate surface area is 157 Å². The summed E-state index contributed by atoms with van der Waals surface area (Å²) in [6.45, 7) is 1.72. The van der Waals surface area contributed by atoms with Gasteiger partial charge in [0.2, 0.25) is 5.91 Å². The first-order chi connectivity index (χ1) is 12.5. The highest BCUT2D eigenvalue weighted by molar-refractivity contribution is 7.80. The van der Waals surface area contributed by atoms with Gasteiger partial charge in [-0.1, -0.05) is 48.5 Å². The number of carbonyl (C=O) groups is 2. The van der Waals surface area contributed by atoms with Crippen LogP contribution in [0, 0.1) is 6.92 Å². The summed E-state index contributed by atoms with van der Waals surface area (Å²) in [7, 11) is 0. The van der Waals surface area contributed by atoms with Crippen LogP contribution in [-0.4, -0.2) is 23.5 Å². The molecule has 2 rings (SSSR count). The molecule has 0 saturated carbocycles. The minimum Gasteiger partial charge on any atom is -0.483 e. The molecule has 2 aromatic carbocycles. The number of hydrogen-bond donors (Lipinski definition) is 3. The fraction of sp³-hybridized carbons (Fsp3) is 0.211. The van der Waals surface area contributed by atoms with Crippen molar-refractivity contribution in [3.8, 4) is 5.75 Å². The number of amides is 2. The van der Waals surface area contributed by atoms with Gasteiger partial charge in [0.25, 0.3) is 5.91 Å². The summed E-state index contributed by atoms with van der Waals surface area (Å²) in [5.74, 6) is 0.00152. The maximum absolute atomic E-state index is 11.8. The van der Waals surface area contributed by atoms with Crippen LogP contribution >= 0.6 is 12.2 Å². The Morgan fingerprint density at radius 3 is 2.38 bits per heavy atom. The normalized spacial score (nSPS) is 9.88. The lowest BCUT2D eigenvalue weighted by Crippen LogP contribution is -2.49. The molecule has 2 amide bonds. The maximum Gasteiger partial charge on any atom is 0.264 e. The topological polar surface area (TPSA) is 79.5 Å². The third-order valence-electron chi connectivity index (χ3n) is 3.50. The van der Waals surface area contributed by atoms with Crippen molar-refractivity contribution in [1.29, 1.82) is 0 Å². The minimum absolute atomic E-state index is 0.0106. The third kappa shape index (κ3) is 6.90. The summed E-state index contributed by atoms with van der Waals surface area (Å²) in [6, 6.07) is 17.1. The van der Waals surface area contributed by atoms with Gasteiger partial charge in [-0.05, 0) is 42.8 Å². The molecule has 0 aliphatic heterocycles. The summed E-state index contributed by atoms with van der Waals surface area (Å²) in [6.07, 6.45) is 0.932. The van der Waals surface area contributed by atoms with Crippen molar-refractivity contribution in [2.75, 3.05) is 6.61 Å². The second-order valence-corrected chi connectivity index (χ2v) is 6.00. The SMILES string of the molecule is Cc1ccccc1OCC(=O)NC(=S)NNC(=O)CCc1ccccc1. The van der Waals surface area contributed by atoms with Gasteiger partial charge in [-0.3, -0.25) is 25.8 Å². The summed E-state index contributed by atoms with van der Waals surface area (Å²) >= 11 is 4.97. The number of nitrogens with one attached hydrogen (secondary N) is 3. The number of benzene rings is 2. The predicted molar refractivity (Wildman–Crippen MR) is 103 cm³/mol. The lowest BCUT2D eigenvalue weighted by molar-refractivity contribution is -0.123. The third-order valence-corrected chi connectivity index (χ3v) is 3.71. The molecule has 0 aromatic heterocycles. The van der Waals surface area contributed by atoms with E-state index >= 15 is 0 Å². The lowest BCUT2D eigenvalue weighted by atomic mass is 10.1. The van der Waals surface area contributed by atoms with Crippen LogP contribution in [0.1, 0.15) is 17.5 Å². The van der Waals surface area contributed by atoms with Gasteiger partial charge in [-0.15, -0.1) is 0 Å². The first-order valence-corrected chi connectivity index (χ1v) is 8.56. The zero-order chi connectivity index (χ0) is 18.8. The Hall–Kier alpha value is -2.93. The highest BCUT2D eigenvalue weighted by atomic mass is 32.1. The molecule has 26 heavy (non-hydrogen) atoms. The highest BCUT2D eigenvalue weighted by Crippen LogP contribution is 2.15. The Morgan fingerprint density at radius 2 is 1.65 bits per heavy atom. The largest absolute Gasteiger partial charge is 0.483 e. The van der Waals surface area contributed by atoms with Gasteiger partial charge in [-0.2, -0.15) is 0 Å². The van der Waals surface area contributed by atoms with E-state index in [1.807, 2.05) is 55.5 Å². The number of hydrogen-bond acceptors (Lipinski definition) is 4. The Kier molecular flexibility index (Phi) is 7.57. The van der Waals surface area contributed by atoms with Crippen LogP contribution in [0.5, 0.6) is 5.75 Å². The zero-order valence-corrected chi connectivity index (χ0v) is 15.3. The van der Waals surface area contributed by atoms with Crippen molar-refractivity contribution >= 4 is 29.1 Å². The Balaban J connectivity index is 1.64. The summed E-state index contributed by atoms with van der Waals surface area (Å²) in [5, 5.41) is 2.45. The summed E-state index contributed by atoms with van der Waals surface area (Å²) in [4.78, 5) is 23.6. The van der Waals surface area contributed by atoms with Gasteiger partial charge < -0.3 is 4.74 Å². The molecule has 0 aliphatic rings. The van der Waals surface area contributed by atoms with Gasteiger partial charge in [0.15, 0.2) is 11.7 Å². The average Bonchev–Trinajstić information content (AvgIpc) is 2.65. The van der Waals surface area contributed by atoms with E-state index < -0.39 is 5.91 Å². The zero-order valence-electron chi connectivity index (χ0n) is 14.5. The van der Waals surface area contributed by atoms with Gasteiger partial charge >= 0.3 is 0 Å². The molecule has 0 saturated heterocycles. The van der Waals surface area contributed by atoms with Gasteiger partial charge in [0.05, 0.1) is 0 Å². The van der Waals surface area contributed by atoms with Crippen molar-refractivity contribution < 1.29 is 14.3 Å². The molecule has 2 aromatic rings. The van der Waals surface area contributed by atoms with Crippen LogP contribution in [0.4, 0.5) is 0 Å². The predicted octanol–water partition coefficient (Wildman–Crippen LogP) is 2.03. The van der Waals surface area contributed by atoms with E-state index in [1.54, 1.807) is 6.07 Å². The second kappa shape index (κ2) is 10.1. The summed E-state index contributed by atoms with van der Waals surface area (Å²) in [5.41, 5.74) is 6.97. The van der Waals surface area contributed by atoms with Gasteiger partial charge in [-0.25, -0.2) is 0 Å². The minimum atomic E-state index is -0.413. The molecule has 7 heteroatoms. The first-order valence-electron chi connectivity index (χ1n) is 8.15. The molecule has 3 N–H and O–H groups in total. The van der Waals surface area contributed by atoms with Crippen LogP contribution in [0.2, 0.25) is 0 Å². The van der Waals surface area contributed by atoms with Gasteiger partial charge in [0.1, 0.15) is 5.75 Å². The quantitative estimate of drug-likeness (QED) is 0.535. The number of hydrazine groups is 1. The van der Waals surface area contributed by atoms with E-state index in [2.05, 4.69) is 16.2 Å². The van der Waals surface area contributed by atoms with Crippen LogP contribution in [0.3, 0.4) is 0 Å². The number of ether oxygens (including phenoxy) is 1. The van der Waals surface area contributed by atoms with E-state index in [1.165, 1.54) is 0 Å². The molecule has 0 bridgehead atoms. The monoisotopic (exact) mass is 371 g/mol. The van der Waals surface area contributed by atoms with Crippen molar-refractivity contribution in [2.45, 2.75) is 19.8 Å². The van der Waals surface area contributed by atoms with Crippen LogP contribution in [0.25, 0.3) is 0 Å². The highest BCUT2D eigenvalue weighted by Gasteiger charge is 2.08. The Morgan fingerprint density at radius 1 is 0.962 bits per heavy atom. The average molecular weight is 371 g/mol. The smallest absolute Gasteiger partial charge is 0.264 e. The molecule has 0 radical (unpaired) electrons. The maximum atomic E-state index is 11.8. The number of rotatable bonds is 6. The molecule has 0 aliphatic carbocycles. The van der Waals surface area contributed by atoms with Crippen LogP contribution < -0.4 is 20.9 Å². The molecule has 6 nitrogen and oxygen atoms in total. The molecule has 136 valence electrons. The fourth-order valence-corrected chi connectivity index (χ4v) is 2.31. The molecule has 0 spiro atoms. The molecule has 0 atom stereocenters. The molecular formula is C19H21N3O3S. The van der Waals surface area contributed by atoms with E-state index in [0.717, 1.165) is 11.1 Å². The molecular weight excluding hydrogens is 350 g/mol. The van der Waals surface area contributed by atoms with E-state index in [4.69, 9.17) is 17.0 Å². The second-order valence-electron chi connectivity index (χ2n) is 5.59. The van der Waals surface area contributed by atoms with Crippen molar-refractivity contribution in [3.63, 3.8) is 0 Å². The fourth-order valence-electron chi connectivity index (χ4n) is 2.15. The van der Waals surface area contributed by atoms with Gasteiger partial charge in [0, 0.05) is 6.42 Å². The standard InChI is InChI=1S/C19H21N3O3S/c1-14-7-5-6-10-16(14)25-13-18(24)20-19(26)22-21-17(23)12-11-15-8-3-2-4-9-15/h2-10H,11-13H2,1H3,(H,21,23)(H2,20,22,24,26). The van der Waals surface area contributed by atoms with Crippen molar-refractivity contribution in [3.05, 3.63) is 65.7 Å². The number of thiocarbonyl (C=S) groups is 1. The molecule has 0 fully saturated rings. The van der Waals surface area contributed by atoms with E-state index in [-0.39, 0.29) is 17.6 Å². The number of carbonyl (C=O) groups excluding carboxylic acids is 2. The number of para-hydroxylation sites is 1. The number of aryl methyl sites for hydroxylation is 2. The van der Waals surface area contributed by atoms with Crippen LogP contribution in [0.15, 0.2) is 54.6 Å². The van der Waals surface area contributed by atoms with E-state index in [9.17, 15) is 9.59 Å². The summed E-state index contributed by atoms with van der Waals surface area (Å²) < 4.78 is 5.43.